The van der Waals surface area contributed by atoms with Crippen LogP contribution in [0, 0.1) is 0 Å². The van der Waals surface area contributed by atoms with Crippen LogP contribution in [-0.2, 0) is 14.8 Å². The minimum absolute atomic E-state index is 0.171. The second kappa shape index (κ2) is 8.22. The summed E-state index contributed by atoms with van der Waals surface area (Å²) in [7, 11) is -3.33. The number of rotatable bonds is 7. The summed E-state index contributed by atoms with van der Waals surface area (Å²) in [5.74, 6) is 0.146. The standard InChI is InChI=1S/C17H19ClN2O4S/c1-3-20(25(2,22)23)15-7-9-16(10-8-15)24-12-17(21)19-14-6-4-5-13(18)11-14/h4-11H,3,12H2,1-2H3,(H,19,21). The van der Waals surface area contributed by atoms with Gasteiger partial charge in [-0.15, -0.1) is 0 Å². The number of hydrogen-bond acceptors (Lipinski definition) is 4. The molecule has 0 spiro atoms. The molecule has 25 heavy (non-hydrogen) atoms. The van der Waals surface area contributed by atoms with Crippen molar-refractivity contribution in [3.8, 4) is 5.75 Å². The van der Waals surface area contributed by atoms with Crippen molar-refractivity contribution in [3.63, 3.8) is 0 Å². The van der Waals surface area contributed by atoms with Gasteiger partial charge in [0.2, 0.25) is 10.0 Å². The zero-order chi connectivity index (χ0) is 18.4. The highest BCUT2D eigenvalue weighted by molar-refractivity contribution is 7.92. The van der Waals surface area contributed by atoms with Crippen LogP contribution >= 0.6 is 11.6 Å². The van der Waals surface area contributed by atoms with E-state index in [2.05, 4.69) is 5.32 Å². The number of ether oxygens (including phenoxy) is 1. The molecule has 0 aliphatic heterocycles. The summed E-state index contributed by atoms with van der Waals surface area (Å²) in [6.45, 7) is 1.92. The van der Waals surface area contributed by atoms with E-state index in [1.807, 2.05) is 0 Å². The van der Waals surface area contributed by atoms with Crippen molar-refractivity contribution < 1.29 is 17.9 Å². The zero-order valence-electron chi connectivity index (χ0n) is 13.9. The number of hydrogen-bond donors (Lipinski definition) is 1. The molecule has 0 heterocycles. The van der Waals surface area contributed by atoms with Gasteiger partial charge in [-0.1, -0.05) is 17.7 Å². The summed E-state index contributed by atoms with van der Waals surface area (Å²) in [5, 5.41) is 3.20. The first-order valence-electron chi connectivity index (χ1n) is 7.55. The van der Waals surface area contributed by atoms with Crippen LogP contribution in [-0.4, -0.2) is 33.7 Å². The highest BCUT2D eigenvalue weighted by Crippen LogP contribution is 2.21. The molecule has 0 bridgehead atoms. The fourth-order valence-electron chi connectivity index (χ4n) is 2.23. The van der Waals surface area contributed by atoms with E-state index in [-0.39, 0.29) is 12.5 Å². The highest BCUT2D eigenvalue weighted by atomic mass is 35.5. The first kappa shape index (κ1) is 19.1. The number of benzene rings is 2. The Kier molecular flexibility index (Phi) is 6.27. The average Bonchev–Trinajstić information content (AvgIpc) is 2.53. The Hall–Kier alpha value is -2.25. The number of amides is 1. The first-order chi connectivity index (χ1) is 11.8. The lowest BCUT2D eigenvalue weighted by molar-refractivity contribution is -0.118. The van der Waals surface area contributed by atoms with Crippen LogP contribution < -0.4 is 14.4 Å². The molecular formula is C17H19ClN2O4S. The summed E-state index contributed by atoms with van der Waals surface area (Å²) in [5.41, 5.74) is 1.13. The van der Waals surface area contributed by atoms with E-state index in [1.165, 1.54) is 4.31 Å². The maximum atomic E-state index is 11.9. The third-order valence-electron chi connectivity index (χ3n) is 3.29. The van der Waals surface area contributed by atoms with Gasteiger partial charge in [-0.3, -0.25) is 9.10 Å². The van der Waals surface area contributed by atoms with Crippen LogP contribution in [0.4, 0.5) is 11.4 Å². The molecule has 8 heteroatoms. The Morgan fingerprint density at radius 3 is 2.44 bits per heavy atom. The van der Waals surface area contributed by atoms with Gasteiger partial charge in [0.1, 0.15) is 5.75 Å². The number of anilines is 2. The lowest BCUT2D eigenvalue weighted by Gasteiger charge is -2.20. The Balaban J connectivity index is 1.94. The third-order valence-corrected chi connectivity index (χ3v) is 4.80. The van der Waals surface area contributed by atoms with Gasteiger partial charge in [-0.05, 0) is 49.4 Å². The van der Waals surface area contributed by atoms with Crippen molar-refractivity contribution in [2.45, 2.75) is 6.92 Å². The van der Waals surface area contributed by atoms with Crippen LogP contribution in [0.1, 0.15) is 6.92 Å². The van der Waals surface area contributed by atoms with E-state index in [9.17, 15) is 13.2 Å². The van der Waals surface area contributed by atoms with Gasteiger partial charge in [-0.25, -0.2) is 8.42 Å². The topological polar surface area (TPSA) is 75.7 Å². The van der Waals surface area contributed by atoms with Crippen LogP contribution in [0.3, 0.4) is 0 Å². The van der Waals surface area contributed by atoms with Gasteiger partial charge in [0.15, 0.2) is 6.61 Å². The lowest BCUT2D eigenvalue weighted by Crippen LogP contribution is -2.29. The van der Waals surface area contributed by atoms with Crippen LogP contribution in [0.2, 0.25) is 5.02 Å². The van der Waals surface area contributed by atoms with E-state index < -0.39 is 10.0 Å². The zero-order valence-corrected chi connectivity index (χ0v) is 15.5. The van der Waals surface area contributed by atoms with Crippen molar-refractivity contribution in [3.05, 3.63) is 53.6 Å². The molecule has 0 saturated carbocycles. The Labute approximate surface area is 152 Å². The molecule has 1 amide bonds. The second-order valence-electron chi connectivity index (χ2n) is 5.27. The van der Waals surface area contributed by atoms with Crippen LogP contribution in [0.5, 0.6) is 5.75 Å². The van der Waals surface area contributed by atoms with Crippen molar-refractivity contribution in [1.29, 1.82) is 0 Å². The fraction of sp³-hybridized carbons (Fsp3) is 0.235. The fourth-order valence-corrected chi connectivity index (χ4v) is 3.39. The van der Waals surface area contributed by atoms with E-state index in [0.717, 1.165) is 6.26 Å². The van der Waals surface area contributed by atoms with E-state index in [0.29, 0.717) is 28.7 Å². The van der Waals surface area contributed by atoms with Gasteiger partial charge < -0.3 is 10.1 Å². The molecule has 0 fully saturated rings. The number of carbonyl (C=O) groups is 1. The molecule has 0 aliphatic carbocycles. The number of halogens is 1. The molecule has 2 aromatic rings. The normalized spacial score (nSPS) is 11.0. The molecule has 0 aromatic heterocycles. The van der Waals surface area contributed by atoms with E-state index in [4.69, 9.17) is 16.3 Å². The third kappa shape index (κ3) is 5.65. The molecule has 2 aromatic carbocycles. The molecule has 0 unspecified atom stereocenters. The summed E-state index contributed by atoms with van der Waals surface area (Å²) in [6.07, 6.45) is 1.15. The molecule has 1 N–H and O–H groups in total. The number of nitrogens with zero attached hydrogens (tertiary/aromatic N) is 1. The largest absolute Gasteiger partial charge is 0.484 e. The minimum atomic E-state index is -3.33. The van der Waals surface area contributed by atoms with Crippen molar-refractivity contribution in [1.82, 2.24) is 0 Å². The first-order valence-corrected chi connectivity index (χ1v) is 9.78. The number of nitrogens with one attached hydrogen (secondary N) is 1. The summed E-state index contributed by atoms with van der Waals surface area (Å²) in [6, 6.07) is 13.3. The molecule has 0 atom stereocenters. The highest BCUT2D eigenvalue weighted by Gasteiger charge is 2.15. The van der Waals surface area contributed by atoms with Gasteiger partial charge in [0.25, 0.3) is 5.91 Å². The van der Waals surface area contributed by atoms with Crippen LogP contribution in [0.15, 0.2) is 48.5 Å². The summed E-state index contributed by atoms with van der Waals surface area (Å²) >= 11 is 5.86. The van der Waals surface area contributed by atoms with Gasteiger partial charge >= 0.3 is 0 Å². The van der Waals surface area contributed by atoms with Gasteiger partial charge in [0, 0.05) is 17.3 Å². The van der Waals surface area contributed by atoms with Gasteiger partial charge in [-0.2, -0.15) is 0 Å². The Bertz CT molecular complexity index is 838. The smallest absolute Gasteiger partial charge is 0.262 e. The monoisotopic (exact) mass is 382 g/mol. The molecule has 134 valence electrons. The molecular weight excluding hydrogens is 364 g/mol. The quantitative estimate of drug-likeness (QED) is 0.798. The van der Waals surface area contributed by atoms with Crippen LogP contribution in [0.25, 0.3) is 0 Å². The van der Waals surface area contributed by atoms with Crippen molar-refractivity contribution >= 4 is 38.9 Å². The van der Waals surface area contributed by atoms with E-state index in [1.54, 1.807) is 55.5 Å². The van der Waals surface area contributed by atoms with E-state index >= 15 is 0 Å². The molecule has 6 nitrogen and oxygen atoms in total. The molecule has 0 saturated heterocycles. The predicted octanol–water partition coefficient (Wildman–Crippen LogP) is 3.14. The molecule has 0 radical (unpaired) electrons. The van der Waals surface area contributed by atoms with Crippen molar-refractivity contribution in [2.75, 3.05) is 29.0 Å². The predicted molar refractivity (Wildman–Crippen MR) is 99.9 cm³/mol. The van der Waals surface area contributed by atoms with Crippen molar-refractivity contribution in [2.24, 2.45) is 0 Å². The molecule has 0 aliphatic rings. The average molecular weight is 383 g/mol. The summed E-state index contributed by atoms with van der Waals surface area (Å²) in [4.78, 5) is 11.9. The molecule has 2 rings (SSSR count). The second-order valence-corrected chi connectivity index (χ2v) is 7.61. The SMILES string of the molecule is CCN(c1ccc(OCC(=O)Nc2cccc(Cl)c2)cc1)S(C)(=O)=O. The Morgan fingerprint density at radius 1 is 1.20 bits per heavy atom. The number of sulfonamides is 1. The summed E-state index contributed by atoms with van der Waals surface area (Å²) < 4.78 is 30.1. The minimum Gasteiger partial charge on any atom is -0.484 e. The Morgan fingerprint density at radius 2 is 1.88 bits per heavy atom. The maximum Gasteiger partial charge on any atom is 0.262 e. The number of carbonyl (C=O) groups excluding carboxylic acids is 1. The maximum absolute atomic E-state index is 11.9. The van der Waals surface area contributed by atoms with Gasteiger partial charge in [0.05, 0.1) is 11.9 Å². The lowest BCUT2D eigenvalue weighted by atomic mass is 10.3.